The predicted octanol–water partition coefficient (Wildman–Crippen LogP) is 3.42. The van der Waals surface area contributed by atoms with Crippen molar-refractivity contribution in [2.24, 2.45) is 0 Å². The number of hydrogen-bond acceptors (Lipinski definition) is 3. The van der Waals surface area contributed by atoms with Crippen LogP contribution in [0.25, 0.3) is 11.3 Å². The van der Waals surface area contributed by atoms with Crippen LogP contribution in [0.15, 0.2) is 24.3 Å². The number of imidazole rings is 1. The molecule has 0 radical (unpaired) electrons. The van der Waals surface area contributed by atoms with Crippen molar-refractivity contribution < 1.29 is 4.74 Å². The highest BCUT2D eigenvalue weighted by molar-refractivity contribution is 5.73. The van der Waals surface area contributed by atoms with Crippen LogP contribution in [-0.4, -0.2) is 16.7 Å². The standard InChI is InChI=1S/C16H23N3O/c1-5-19-15(17)14(18-16(19)11(2)3)13-9-7-6-8-12(13)10-20-4/h6-9,11H,5,10,17H2,1-4H3. The second-order valence-corrected chi connectivity index (χ2v) is 5.19. The van der Waals surface area contributed by atoms with Crippen LogP contribution in [0.3, 0.4) is 0 Å². The van der Waals surface area contributed by atoms with Gasteiger partial charge in [0.25, 0.3) is 0 Å². The average molecular weight is 273 g/mol. The molecule has 0 spiro atoms. The van der Waals surface area contributed by atoms with Gasteiger partial charge >= 0.3 is 0 Å². The monoisotopic (exact) mass is 273 g/mol. The van der Waals surface area contributed by atoms with Crippen molar-refractivity contribution in [2.75, 3.05) is 12.8 Å². The number of nitrogens with zero attached hydrogens (tertiary/aromatic N) is 2. The summed E-state index contributed by atoms with van der Waals surface area (Å²) >= 11 is 0. The van der Waals surface area contributed by atoms with E-state index in [0.717, 1.165) is 35.0 Å². The zero-order chi connectivity index (χ0) is 14.7. The minimum atomic E-state index is 0.348. The second-order valence-electron chi connectivity index (χ2n) is 5.19. The predicted molar refractivity (Wildman–Crippen MR) is 82.6 cm³/mol. The molecule has 0 aliphatic carbocycles. The van der Waals surface area contributed by atoms with Crippen LogP contribution in [0.2, 0.25) is 0 Å². The smallest absolute Gasteiger partial charge is 0.131 e. The highest BCUT2D eigenvalue weighted by Crippen LogP contribution is 2.31. The lowest BCUT2D eigenvalue weighted by atomic mass is 10.1. The van der Waals surface area contributed by atoms with E-state index >= 15 is 0 Å². The topological polar surface area (TPSA) is 53.1 Å². The Kier molecular flexibility index (Phi) is 4.45. The lowest BCUT2D eigenvalue weighted by molar-refractivity contribution is 0.185. The summed E-state index contributed by atoms with van der Waals surface area (Å²) in [4.78, 5) is 4.78. The summed E-state index contributed by atoms with van der Waals surface area (Å²) in [6, 6.07) is 8.12. The SMILES string of the molecule is CCn1c(C(C)C)nc(-c2ccccc2COC)c1N. The average Bonchev–Trinajstić information content (AvgIpc) is 2.77. The quantitative estimate of drug-likeness (QED) is 0.908. The Morgan fingerprint density at radius 2 is 2.00 bits per heavy atom. The molecule has 4 nitrogen and oxygen atoms in total. The Bertz CT molecular complexity index is 587. The van der Waals surface area contributed by atoms with Gasteiger partial charge in [-0.05, 0) is 12.5 Å². The molecule has 0 bridgehead atoms. The first-order valence-corrected chi connectivity index (χ1v) is 7.03. The molecule has 4 heteroatoms. The van der Waals surface area contributed by atoms with E-state index in [1.165, 1.54) is 0 Å². The van der Waals surface area contributed by atoms with Crippen LogP contribution in [0.1, 0.15) is 38.1 Å². The largest absolute Gasteiger partial charge is 0.383 e. The molecule has 1 aromatic heterocycles. The molecular weight excluding hydrogens is 250 g/mol. The van der Waals surface area contributed by atoms with E-state index in [4.69, 9.17) is 15.5 Å². The number of nitrogen functional groups attached to an aromatic ring is 1. The first kappa shape index (κ1) is 14.6. The van der Waals surface area contributed by atoms with Crippen molar-refractivity contribution >= 4 is 5.82 Å². The van der Waals surface area contributed by atoms with Crippen LogP contribution >= 0.6 is 0 Å². The zero-order valence-corrected chi connectivity index (χ0v) is 12.7. The minimum absolute atomic E-state index is 0.348. The van der Waals surface area contributed by atoms with Crippen molar-refractivity contribution in [3.63, 3.8) is 0 Å². The molecule has 0 saturated carbocycles. The van der Waals surface area contributed by atoms with E-state index in [2.05, 4.69) is 37.5 Å². The number of rotatable bonds is 5. The van der Waals surface area contributed by atoms with E-state index < -0.39 is 0 Å². The number of anilines is 1. The fourth-order valence-electron chi connectivity index (χ4n) is 2.49. The molecule has 1 heterocycles. The summed E-state index contributed by atoms with van der Waals surface area (Å²) in [5.74, 6) is 2.12. The Balaban J connectivity index is 2.59. The zero-order valence-electron chi connectivity index (χ0n) is 12.7. The van der Waals surface area contributed by atoms with E-state index in [1.807, 2.05) is 12.1 Å². The molecule has 1 aromatic carbocycles. The Labute approximate surface area is 120 Å². The number of methoxy groups -OCH3 is 1. The van der Waals surface area contributed by atoms with Crippen LogP contribution in [-0.2, 0) is 17.9 Å². The van der Waals surface area contributed by atoms with Gasteiger partial charge in [0.1, 0.15) is 17.3 Å². The third kappa shape index (κ3) is 2.56. The molecule has 0 saturated heterocycles. The second kappa shape index (κ2) is 6.09. The summed E-state index contributed by atoms with van der Waals surface area (Å²) in [7, 11) is 1.70. The summed E-state index contributed by atoms with van der Waals surface area (Å²) in [6.45, 7) is 7.76. The Morgan fingerprint density at radius 3 is 2.55 bits per heavy atom. The summed E-state index contributed by atoms with van der Waals surface area (Å²) in [6.07, 6.45) is 0. The first-order valence-electron chi connectivity index (χ1n) is 7.03. The van der Waals surface area contributed by atoms with E-state index in [-0.39, 0.29) is 0 Å². The molecule has 2 rings (SSSR count). The lowest BCUT2D eigenvalue weighted by Gasteiger charge is -2.09. The maximum absolute atomic E-state index is 6.31. The normalized spacial score (nSPS) is 11.2. The number of aromatic nitrogens is 2. The van der Waals surface area contributed by atoms with Crippen molar-refractivity contribution in [3.05, 3.63) is 35.7 Å². The van der Waals surface area contributed by atoms with Crippen molar-refractivity contribution in [1.29, 1.82) is 0 Å². The van der Waals surface area contributed by atoms with Crippen LogP contribution < -0.4 is 5.73 Å². The van der Waals surface area contributed by atoms with E-state index in [0.29, 0.717) is 12.5 Å². The van der Waals surface area contributed by atoms with Gasteiger partial charge in [0.05, 0.1) is 6.61 Å². The van der Waals surface area contributed by atoms with Gasteiger partial charge in [-0.1, -0.05) is 38.1 Å². The summed E-state index contributed by atoms with van der Waals surface area (Å²) < 4.78 is 7.35. The molecular formula is C16H23N3O. The molecule has 0 unspecified atom stereocenters. The van der Waals surface area contributed by atoms with Gasteiger partial charge < -0.3 is 15.0 Å². The van der Waals surface area contributed by atoms with Gasteiger partial charge in [-0.3, -0.25) is 0 Å². The maximum atomic E-state index is 6.31. The third-order valence-corrected chi connectivity index (χ3v) is 3.44. The molecule has 0 atom stereocenters. The Hall–Kier alpha value is -1.81. The third-order valence-electron chi connectivity index (χ3n) is 3.44. The minimum Gasteiger partial charge on any atom is -0.383 e. The number of ether oxygens (including phenoxy) is 1. The highest BCUT2D eigenvalue weighted by Gasteiger charge is 2.18. The van der Waals surface area contributed by atoms with Crippen LogP contribution in [0, 0.1) is 0 Å². The molecule has 0 aliphatic rings. The van der Waals surface area contributed by atoms with Gasteiger partial charge in [-0.25, -0.2) is 4.98 Å². The van der Waals surface area contributed by atoms with Crippen LogP contribution in [0.5, 0.6) is 0 Å². The molecule has 2 N–H and O–H groups in total. The van der Waals surface area contributed by atoms with E-state index in [1.54, 1.807) is 7.11 Å². The van der Waals surface area contributed by atoms with E-state index in [9.17, 15) is 0 Å². The maximum Gasteiger partial charge on any atom is 0.131 e. The summed E-state index contributed by atoms with van der Waals surface area (Å²) in [5.41, 5.74) is 9.34. The van der Waals surface area contributed by atoms with Gasteiger partial charge in [0.15, 0.2) is 0 Å². The first-order chi connectivity index (χ1) is 9.60. The highest BCUT2D eigenvalue weighted by atomic mass is 16.5. The fraction of sp³-hybridized carbons (Fsp3) is 0.438. The van der Waals surface area contributed by atoms with Gasteiger partial charge in [0, 0.05) is 25.1 Å². The van der Waals surface area contributed by atoms with Crippen molar-refractivity contribution in [3.8, 4) is 11.3 Å². The number of nitrogens with two attached hydrogens (primary N) is 1. The number of hydrogen-bond donors (Lipinski definition) is 1. The molecule has 108 valence electrons. The van der Waals surface area contributed by atoms with Gasteiger partial charge in [0.2, 0.25) is 0 Å². The Morgan fingerprint density at radius 1 is 1.30 bits per heavy atom. The van der Waals surface area contributed by atoms with Gasteiger partial charge in [-0.2, -0.15) is 0 Å². The molecule has 20 heavy (non-hydrogen) atoms. The van der Waals surface area contributed by atoms with Crippen molar-refractivity contribution in [2.45, 2.75) is 39.8 Å². The van der Waals surface area contributed by atoms with Crippen molar-refractivity contribution in [1.82, 2.24) is 9.55 Å². The van der Waals surface area contributed by atoms with Crippen LogP contribution in [0.4, 0.5) is 5.82 Å². The number of benzene rings is 1. The summed E-state index contributed by atoms with van der Waals surface area (Å²) in [5, 5.41) is 0. The lowest BCUT2D eigenvalue weighted by Crippen LogP contribution is -2.06. The molecule has 0 amide bonds. The fourth-order valence-corrected chi connectivity index (χ4v) is 2.49. The molecule has 0 aliphatic heterocycles. The molecule has 0 fully saturated rings. The van der Waals surface area contributed by atoms with Gasteiger partial charge in [-0.15, -0.1) is 0 Å². The molecule has 2 aromatic rings.